The zero-order valence-electron chi connectivity index (χ0n) is 11.4. The van der Waals surface area contributed by atoms with Crippen molar-refractivity contribution in [3.05, 3.63) is 29.8 Å². The molecular formula is C14H17N3O4. The van der Waals surface area contributed by atoms with Crippen molar-refractivity contribution >= 4 is 17.7 Å². The molecule has 112 valence electrons. The Hall–Kier alpha value is -2.41. The molecule has 0 bridgehead atoms. The summed E-state index contributed by atoms with van der Waals surface area (Å²) >= 11 is 0. The largest absolute Gasteiger partial charge is 0.484 e. The SMILES string of the molecule is NCc1ccc(OCC(=O)NC2CCC(=O)NC2=O)cc1. The number of carbonyl (C=O) groups is 3. The monoisotopic (exact) mass is 291 g/mol. The van der Waals surface area contributed by atoms with Crippen LogP contribution in [0.15, 0.2) is 24.3 Å². The number of ether oxygens (including phenoxy) is 1. The molecule has 0 aliphatic carbocycles. The van der Waals surface area contributed by atoms with Gasteiger partial charge in [-0.2, -0.15) is 0 Å². The molecule has 7 nitrogen and oxygen atoms in total. The molecular weight excluding hydrogens is 274 g/mol. The minimum Gasteiger partial charge on any atom is -0.484 e. The molecule has 0 radical (unpaired) electrons. The highest BCUT2D eigenvalue weighted by Gasteiger charge is 2.27. The first kappa shape index (κ1) is 15.0. The second-order valence-corrected chi connectivity index (χ2v) is 4.71. The number of nitrogens with two attached hydrogens (primary N) is 1. The molecule has 1 atom stereocenters. The van der Waals surface area contributed by atoms with E-state index in [1.54, 1.807) is 12.1 Å². The van der Waals surface area contributed by atoms with Gasteiger partial charge in [0.05, 0.1) is 0 Å². The van der Waals surface area contributed by atoms with Crippen LogP contribution in [0.3, 0.4) is 0 Å². The number of nitrogens with one attached hydrogen (secondary N) is 2. The lowest BCUT2D eigenvalue weighted by Crippen LogP contribution is -2.53. The maximum absolute atomic E-state index is 11.7. The average Bonchev–Trinajstić information content (AvgIpc) is 2.48. The van der Waals surface area contributed by atoms with Gasteiger partial charge >= 0.3 is 0 Å². The summed E-state index contributed by atoms with van der Waals surface area (Å²) in [4.78, 5) is 34.2. The fraction of sp³-hybridized carbons (Fsp3) is 0.357. The Bertz CT molecular complexity index is 542. The Kier molecular flexibility index (Phi) is 4.89. The van der Waals surface area contributed by atoms with Crippen molar-refractivity contribution < 1.29 is 19.1 Å². The highest BCUT2D eigenvalue weighted by molar-refractivity contribution is 6.01. The Morgan fingerprint density at radius 3 is 2.67 bits per heavy atom. The van der Waals surface area contributed by atoms with Gasteiger partial charge in [-0.1, -0.05) is 12.1 Å². The fourth-order valence-corrected chi connectivity index (χ4v) is 1.94. The van der Waals surface area contributed by atoms with Crippen molar-refractivity contribution in [2.24, 2.45) is 5.73 Å². The number of imide groups is 1. The molecule has 1 aliphatic heterocycles. The Labute approximate surface area is 121 Å². The van der Waals surface area contributed by atoms with E-state index in [1.807, 2.05) is 12.1 Å². The van der Waals surface area contributed by atoms with E-state index in [1.165, 1.54) is 0 Å². The average molecular weight is 291 g/mol. The van der Waals surface area contributed by atoms with Crippen molar-refractivity contribution in [1.29, 1.82) is 0 Å². The van der Waals surface area contributed by atoms with Crippen molar-refractivity contribution in [2.45, 2.75) is 25.4 Å². The van der Waals surface area contributed by atoms with Gasteiger partial charge in [0.15, 0.2) is 6.61 Å². The van der Waals surface area contributed by atoms with E-state index >= 15 is 0 Å². The quantitative estimate of drug-likeness (QED) is 0.630. The van der Waals surface area contributed by atoms with Crippen LogP contribution in [0.2, 0.25) is 0 Å². The molecule has 21 heavy (non-hydrogen) atoms. The minimum absolute atomic E-state index is 0.195. The first-order valence-electron chi connectivity index (χ1n) is 6.63. The van der Waals surface area contributed by atoms with E-state index in [4.69, 9.17) is 10.5 Å². The van der Waals surface area contributed by atoms with Crippen molar-refractivity contribution in [1.82, 2.24) is 10.6 Å². The van der Waals surface area contributed by atoms with Gasteiger partial charge in [-0.15, -0.1) is 0 Å². The van der Waals surface area contributed by atoms with Crippen LogP contribution in [0.5, 0.6) is 5.75 Å². The van der Waals surface area contributed by atoms with E-state index in [0.717, 1.165) is 5.56 Å². The first-order valence-corrected chi connectivity index (χ1v) is 6.63. The topological polar surface area (TPSA) is 111 Å². The van der Waals surface area contributed by atoms with E-state index in [-0.39, 0.29) is 18.9 Å². The zero-order chi connectivity index (χ0) is 15.2. The number of hydrogen-bond donors (Lipinski definition) is 3. The molecule has 1 unspecified atom stereocenters. The lowest BCUT2D eigenvalue weighted by Gasteiger charge is -2.21. The highest BCUT2D eigenvalue weighted by Crippen LogP contribution is 2.11. The summed E-state index contributed by atoms with van der Waals surface area (Å²) in [5, 5.41) is 4.71. The Balaban J connectivity index is 1.79. The van der Waals surface area contributed by atoms with Crippen LogP contribution < -0.4 is 21.1 Å². The number of carbonyl (C=O) groups excluding carboxylic acids is 3. The standard InChI is InChI=1S/C14H17N3O4/c15-7-9-1-3-10(4-2-9)21-8-13(19)16-11-5-6-12(18)17-14(11)20/h1-4,11H,5-8,15H2,(H,16,19)(H,17,18,20). The third-order valence-electron chi connectivity index (χ3n) is 3.10. The second-order valence-electron chi connectivity index (χ2n) is 4.71. The second kappa shape index (κ2) is 6.85. The molecule has 0 saturated carbocycles. The van der Waals surface area contributed by atoms with Gasteiger partial charge in [-0.25, -0.2) is 0 Å². The fourth-order valence-electron chi connectivity index (χ4n) is 1.94. The van der Waals surface area contributed by atoms with Gasteiger partial charge in [0.1, 0.15) is 11.8 Å². The lowest BCUT2D eigenvalue weighted by atomic mass is 10.1. The predicted molar refractivity (Wildman–Crippen MR) is 74.1 cm³/mol. The van der Waals surface area contributed by atoms with Crippen LogP contribution in [0, 0.1) is 0 Å². The molecule has 1 aromatic rings. The van der Waals surface area contributed by atoms with Crippen LogP contribution in [0.25, 0.3) is 0 Å². The Morgan fingerprint density at radius 1 is 1.33 bits per heavy atom. The van der Waals surface area contributed by atoms with E-state index in [0.29, 0.717) is 18.7 Å². The normalized spacial score (nSPS) is 18.0. The maximum atomic E-state index is 11.7. The summed E-state index contributed by atoms with van der Waals surface area (Å²) in [6, 6.07) is 6.39. The molecule has 0 aromatic heterocycles. The third-order valence-corrected chi connectivity index (χ3v) is 3.10. The summed E-state index contributed by atoms with van der Waals surface area (Å²) in [6.45, 7) is 0.246. The number of benzene rings is 1. The van der Waals surface area contributed by atoms with Crippen molar-refractivity contribution in [2.75, 3.05) is 6.61 Å². The molecule has 1 heterocycles. The van der Waals surface area contributed by atoms with E-state index < -0.39 is 17.9 Å². The van der Waals surface area contributed by atoms with Crippen LogP contribution in [-0.2, 0) is 20.9 Å². The molecule has 0 spiro atoms. The summed E-state index contributed by atoms with van der Waals surface area (Å²) < 4.78 is 5.31. The summed E-state index contributed by atoms with van der Waals surface area (Å²) in [6.07, 6.45) is 0.527. The lowest BCUT2D eigenvalue weighted by molar-refractivity contribution is -0.137. The van der Waals surface area contributed by atoms with Crippen molar-refractivity contribution in [3.8, 4) is 5.75 Å². The van der Waals surface area contributed by atoms with Crippen LogP contribution in [-0.4, -0.2) is 30.4 Å². The smallest absolute Gasteiger partial charge is 0.258 e. The molecule has 1 fully saturated rings. The number of rotatable bonds is 5. The van der Waals surface area contributed by atoms with Gasteiger partial charge in [0.25, 0.3) is 5.91 Å². The zero-order valence-corrected chi connectivity index (χ0v) is 11.4. The summed E-state index contributed by atoms with van der Waals surface area (Å²) in [5.74, 6) is -0.660. The van der Waals surface area contributed by atoms with E-state index in [9.17, 15) is 14.4 Å². The van der Waals surface area contributed by atoms with Crippen molar-refractivity contribution in [3.63, 3.8) is 0 Å². The molecule has 7 heteroatoms. The molecule has 2 rings (SSSR count). The molecule has 3 amide bonds. The van der Waals surface area contributed by atoms with Crippen LogP contribution in [0.1, 0.15) is 18.4 Å². The van der Waals surface area contributed by atoms with E-state index in [2.05, 4.69) is 10.6 Å². The summed E-state index contributed by atoms with van der Waals surface area (Å²) in [7, 11) is 0. The molecule has 1 aliphatic rings. The highest BCUT2D eigenvalue weighted by atomic mass is 16.5. The van der Waals surface area contributed by atoms with Crippen LogP contribution in [0.4, 0.5) is 0 Å². The summed E-state index contributed by atoms with van der Waals surface area (Å²) in [5.41, 5.74) is 6.45. The van der Waals surface area contributed by atoms with Gasteiger partial charge in [0, 0.05) is 13.0 Å². The predicted octanol–water partition coefficient (Wildman–Crippen LogP) is -0.555. The number of amides is 3. The number of hydrogen-bond acceptors (Lipinski definition) is 5. The minimum atomic E-state index is -0.682. The maximum Gasteiger partial charge on any atom is 0.258 e. The van der Waals surface area contributed by atoms with Gasteiger partial charge in [-0.05, 0) is 24.1 Å². The molecule has 1 saturated heterocycles. The third kappa shape index (κ3) is 4.28. The number of piperidine rings is 1. The van der Waals surface area contributed by atoms with Gasteiger partial charge in [-0.3, -0.25) is 19.7 Å². The Morgan fingerprint density at radius 2 is 2.05 bits per heavy atom. The van der Waals surface area contributed by atoms with Crippen LogP contribution >= 0.6 is 0 Å². The molecule has 4 N–H and O–H groups in total. The van der Waals surface area contributed by atoms with Gasteiger partial charge in [0.2, 0.25) is 11.8 Å². The van der Waals surface area contributed by atoms with Gasteiger partial charge < -0.3 is 15.8 Å². The molecule has 1 aromatic carbocycles. The first-order chi connectivity index (χ1) is 10.1.